The third-order valence-corrected chi connectivity index (χ3v) is 5.57. The molecule has 0 aromatic rings. The molecule has 3 fully saturated rings. The van der Waals surface area contributed by atoms with Gasteiger partial charge in [0.2, 0.25) is 0 Å². The number of rotatable bonds is 0. The summed E-state index contributed by atoms with van der Waals surface area (Å²) in [5.41, 5.74) is 1.80. The minimum Gasteiger partial charge on any atom is -0.295 e. The lowest BCUT2D eigenvalue weighted by molar-refractivity contribution is -0.115. The van der Waals surface area contributed by atoms with E-state index in [0.717, 1.165) is 17.9 Å². The van der Waals surface area contributed by atoms with Crippen LogP contribution >= 0.6 is 0 Å². The molecule has 16 heavy (non-hydrogen) atoms. The van der Waals surface area contributed by atoms with Gasteiger partial charge in [0, 0.05) is 6.42 Å². The molecule has 3 aliphatic carbocycles. The summed E-state index contributed by atoms with van der Waals surface area (Å²) >= 11 is 0. The molecule has 3 rings (SSSR count). The molecule has 4 atom stereocenters. The fraction of sp³-hybridized carbons (Fsp3) is 0.800. The monoisotopic (exact) mass is 218 g/mol. The Hall–Kier alpha value is -0.590. The SMILES string of the molecule is C=C1C(=O)C[C@@H]2[C@@H]1CC(C)(C)C[C@H]1C[C@]12C. The summed E-state index contributed by atoms with van der Waals surface area (Å²) in [6.45, 7) is 11.2. The van der Waals surface area contributed by atoms with E-state index in [1.165, 1.54) is 19.3 Å². The molecule has 0 amide bonds. The molecule has 88 valence electrons. The van der Waals surface area contributed by atoms with Gasteiger partial charge in [0.25, 0.3) is 0 Å². The first-order chi connectivity index (χ1) is 7.33. The van der Waals surface area contributed by atoms with Crippen LogP contribution in [0.5, 0.6) is 0 Å². The highest BCUT2D eigenvalue weighted by atomic mass is 16.1. The zero-order valence-electron chi connectivity index (χ0n) is 10.7. The molecule has 0 unspecified atom stereocenters. The first-order valence-corrected chi connectivity index (χ1v) is 6.55. The number of Topliss-reactive ketones (excluding diaryl/α,β-unsaturated/α-hetero) is 1. The van der Waals surface area contributed by atoms with Crippen LogP contribution in [-0.2, 0) is 4.79 Å². The van der Waals surface area contributed by atoms with E-state index in [2.05, 4.69) is 27.4 Å². The third-order valence-electron chi connectivity index (χ3n) is 5.57. The van der Waals surface area contributed by atoms with Crippen LogP contribution in [0.25, 0.3) is 0 Å². The van der Waals surface area contributed by atoms with Crippen LogP contribution in [0, 0.1) is 28.6 Å². The Morgan fingerprint density at radius 2 is 1.88 bits per heavy atom. The van der Waals surface area contributed by atoms with Crippen molar-refractivity contribution in [3.63, 3.8) is 0 Å². The molecule has 1 heteroatoms. The number of carbonyl (C=O) groups excluding carboxylic acids is 1. The van der Waals surface area contributed by atoms with Crippen molar-refractivity contribution in [3.8, 4) is 0 Å². The number of carbonyl (C=O) groups is 1. The van der Waals surface area contributed by atoms with Crippen LogP contribution in [0.15, 0.2) is 12.2 Å². The quantitative estimate of drug-likeness (QED) is 0.568. The Balaban J connectivity index is 1.99. The predicted molar refractivity (Wildman–Crippen MR) is 65.0 cm³/mol. The largest absolute Gasteiger partial charge is 0.295 e. The van der Waals surface area contributed by atoms with Gasteiger partial charge in [-0.2, -0.15) is 0 Å². The molecule has 0 aliphatic heterocycles. The van der Waals surface area contributed by atoms with Gasteiger partial charge >= 0.3 is 0 Å². The lowest BCUT2D eigenvalue weighted by Crippen LogP contribution is -2.21. The van der Waals surface area contributed by atoms with Crippen LogP contribution in [0.2, 0.25) is 0 Å². The minimum atomic E-state index is 0.347. The molecule has 0 aromatic carbocycles. The van der Waals surface area contributed by atoms with Crippen molar-refractivity contribution in [1.29, 1.82) is 0 Å². The van der Waals surface area contributed by atoms with Crippen molar-refractivity contribution in [2.75, 3.05) is 0 Å². The lowest BCUT2D eigenvalue weighted by Gasteiger charge is -2.29. The van der Waals surface area contributed by atoms with E-state index >= 15 is 0 Å². The summed E-state index contributed by atoms with van der Waals surface area (Å²) in [6.07, 6.45) is 4.65. The van der Waals surface area contributed by atoms with E-state index in [9.17, 15) is 4.79 Å². The van der Waals surface area contributed by atoms with E-state index in [0.29, 0.717) is 28.4 Å². The Kier molecular flexibility index (Phi) is 1.85. The molecule has 3 saturated carbocycles. The predicted octanol–water partition coefficient (Wildman–Crippen LogP) is 3.59. The fourth-order valence-corrected chi connectivity index (χ4v) is 4.46. The van der Waals surface area contributed by atoms with Crippen molar-refractivity contribution < 1.29 is 4.79 Å². The zero-order chi connectivity index (χ0) is 11.7. The van der Waals surface area contributed by atoms with E-state index in [1.807, 2.05) is 0 Å². The van der Waals surface area contributed by atoms with Gasteiger partial charge in [0.15, 0.2) is 5.78 Å². The summed E-state index contributed by atoms with van der Waals surface area (Å²) in [6, 6.07) is 0. The number of fused-ring (bicyclic) bond motifs is 3. The molecular weight excluding hydrogens is 196 g/mol. The normalized spacial score (nSPS) is 49.6. The third kappa shape index (κ3) is 1.26. The van der Waals surface area contributed by atoms with E-state index in [1.54, 1.807) is 0 Å². The number of hydrogen-bond acceptors (Lipinski definition) is 1. The summed E-state index contributed by atoms with van der Waals surface area (Å²) in [7, 11) is 0. The molecule has 0 N–H and O–H groups in total. The maximum Gasteiger partial charge on any atom is 0.158 e. The lowest BCUT2D eigenvalue weighted by atomic mass is 9.75. The summed E-state index contributed by atoms with van der Waals surface area (Å²) in [4.78, 5) is 11.9. The second kappa shape index (κ2) is 2.80. The van der Waals surface area contributed by atoms with Gasteiger partial charge in [-0.3, -0.25) is 4.79 Å². The molecule has 0 bridgehead atoms. The Bertz CT molecular complexity index is 379. The van der Waals surface area contributed by atoms with Crippen molar-refractivity contribution >= 4 is 5.78 Å². The van der Waals surface area contributed by atoms with Gasteiger partial charge in [0.05, 0.1) is 0 Å². The molecule has 1 nitrogen and oxygen atoms in total. The van der Waals surface area contributed by atoms with E-state index < -0.39 is 0 Å². The van der Waals surface area contributed by atoms with Crippen molar-refractivity contribution in [3.05, 3.63) is 12.2 Å². The van der Waals surface area contributed by atoms with Gasteiger partial charge in [-0.15, -0.1) is 0 Å². The average Bonchev–Trinajstić information content (AvgIpc) is 2.72. The average molecular weight is 218 g/mol. The van der Waals surface area contributed by atoms with Gasteiger partial charge in [-0.1, -0.05) is 27.4 Å². The Morgan fingerprint density at radius 1 is 1.19 bits per heavy atom. The second-order valence-electron chi connectivity index (χ2n) is 7.34. The summed E-state index contributed by atoms with van der Waals surface area (Å²) in [5.74, 6) is 2.31. The fourth-order valence-electron chi connectivity index (χ4n) is 4.46. The zero-order valence-corrected chi connectivity index (χ0v) is 10.7. The van der Waals surface area contributed by atoms with Crippen molar-refractivity contribution in [2.24, 2.45) is 28.6 Å². The van der Waals surface area contributed by atoms with Crippen molar-refractivity contribution in [1.82, 2.24) is 0 Å². The highest BCUT2D eigenvalue weighted by molar-refractivity contribution is 5.98. The van der Waals surface area contributed by atoms with Crippen LogP contribution in [-0.4, -0.2) is 5.78 Å². The molecule has 0 heterocycles. The van der Waals surface area contributed by atoms with Crippen LogP contribution in [0.1, 0.15) is 46.5 Å². The second-order valence-corrected chi connectivity index (χ2v) is 7.34. The van der Waals surface area contributed by atoms with Crippen molar-refractivity contribution in [2.45, 2.75) is 46.5 Å². The van der Waals surface area contributed by atoms with Gasteiger partial charge in [0.1, 0.15) is 0 Å². The molecule has 0 radical (unpaired) electrons. The minimum absolute atomic E-state index is 0.347. The highest BCUT2D eigenvalue weighted by Gasteiger charge is 2.62. The first kappa shape index (κ1) is 10.6. The summed E-state index contributed by atoms with van der Waals surface area (Å²) < 4.78 is 0. The Labute approximate surface area is 98.3 Å². The highest BCUT2D eigenvalue weighted by Crippen LogP contribution is 2.69. The smallest absolute Gasteiger partial charge is 0.158 e. The first-order valence-electron chi connectivity index (χ1n) is 6.55. The maximum atomic E-state index is 11.9. The van der Waals surface area contributed by atoms with Crippen LogP contribution in [0.4, 0.5) is 0 Å². The van der Waals surface area contributed by atoms with Gasteiger partial charge < -0.3 is 0 Å². The maximum absolute atomic E-state index is 11.9. The standard InChI is InChI=1S/C15H22O/c1-9-11-8-14(2,3)6-10-7-15(10,4)12(11)5-13(9)16/h10-12H,1,5-8H2,2-4H3/t10-,11+,12+,15+/m0/s1. The number of allylic oxidation sites excluding steroid dienone is 1. The van der Waals surface area contributed by atoms with E-state index in [-0.39, 0.29) is 0 Å². The summed E-state index contributed by atoms with van der Waals surface area (Å²) in [5, 5.41) is 0. The molecular formula is C15H22O. The van der Waals surface area contributed by atoms with Crippen LogP contribution in [0.3, 0.4) is 0 Å². The topological polar surface area (TPSA) is 17.1 Å². The van der Waals surface area contributed by atoms with Gasteiger partial charge in [-0.05, 0) is 53.4 Å². The number of ketones is 1. The Morgan fingerprint density at radius 3 is 2.56 bits per heavy atom. The molecule has 0 spiro atoms. The van der Waals surface area contributed by atoms with Gasteiger partial charge in [-0.25, -0.2) is 0 Å². The molecule has 0 aromatic heterocycles. The molecule has 0 saturated heterocycles. The molecule has 3 aliphatic rings. The van der Waals surface area contributed by atoms with E-state index in [4.69, 9.17) is 0 Å². The number of hydrogen-bond donors (Lipinski definition) is 0. The van der Waals surface area contributed by atoms with Crippen LogP contribution < -0.4 is 0 Å².